The molecule has 1 rings (SSSR count). The van der Waals surface area contributed by atoms with E-state index >= 15 is 0 Å². The van der Waals surface area contributed by atoms with E-state index in [0.29, 0.717) is 11.4 Å². The van der Waals surface area contributed by atoms with Crippen molar-refractivity contribution in [2.75, 3.05) is 6.54 Å². The number of benzene rings is 1. The van der Waals surface area contributed by atoms with Crippen LogP contribution in [-0.4, -0.2) is 25.3 Å². The topological polar surface area (TPSA) is 37.4 Å². The number of nitrogens with zero attached hydrogens (tertiary/aromatic N) is 1. The molecule has 0 aliphatic rings. The third-order valence-electron chi connectivity index (χ3n) is 2.52. The highest BCUT2D eigenvalue weighted by molar-refractivity contribution is 7.89. The van der Waals surface area contributed by atoms with Crippen molar-refractivity contribution >= 4 is 10.0 Å². The minimum Gasteiger partial charge on any atom is -0.207 e. The number of hydrogen-bond acceptors (Lipinski definition) is 2. The largest absolute Gasteiger partial charge is 0.243 e. The van der Waals surface area contributed by atoms with E-state index in [4.69, 9.17) is 0 Å². The van der Waals surface area contributed by atoms with Gasteiger partial charge in [0.2, 0.25) is 10.0 Å². The Bertz CT molecular complexity index is 435. The molecule has 0 unspecified atom stereocenters. The molecule has 0 saturated heterocycles. The van der Waals surface area contributed by atoms with Crippen LogP contribution in [0, 0.1) is 6.92 Å². The first-order valence-corrected chi connectivity index (χ1v) is 6.92. The summed E-state index contributed by atoms with van der Waals surface area (Å²) in [6.07, 6.45) is 0. The van der Waals surface area contributed by atoms with Gasteiger partial charge in [0.1, 0.15) is 0 Å². The highest BCUT2D eigenvalue weighted by Gasteiger charge is 2.24. The highest BCUT2D eigenvalue weighted by atomic mass is 32.2. The standard InChI is InChI=1S/C12H19NO2S/c1-5-13(10(2)3)16(14,15)12-8-6-11(4)7-9-12/h6-10H,5H2,1-4H3. The summed E-state index contributed by atoms with van der Waals surface area (Å²) in [6, 6.07) is 6.95. The van der Waals surface area contributed by atoms with E-state index in [-0.39, 0.29) is 6.04 Å². The Morgan fingerprint density at radius 1 is 1.19 bits per heavy atom. The third kappa shape index (κ3) is 2.62. The lowest BCUT2D eigenvalue weighted by molar-refractivity contribution is 0.369. The SMILES string of the molecule is CCN(C(C)C)S(=O)(=O)c1ccc(C)cc1. The van der Waals surface area contributed by atoms with Gasteiger partial charge in [-0.2, -0.15) is 4.31 Å². The average molecular weight is 241 g/mol. The lowest BCUT2D eigenvalue weighted by Crippen LogP contribution is -2.36. The van der Waals surface area contributed by atoms with Crippen molar-refractivity contribution in [1.82, 2.24) is 4.31 Å². The van der Waals surface area contributed by atoms with Gasteiger partial charge in [0.05, 0.1) is 4.90 Å². The predicted octanol–water partition coefficient (Wildman–Crippen LogP) is 2.41. The second-order valence-electron chi connectivity index (χ2n) is 4.12. The number of hydrogen-bond donors (Lipinski definition) is 0. The number of rotatable bonds is 4. The van der Waals surface area contributed by atoms with E-state index in [1.54, 1.807) is 12.1 Å². The molecular formula is C12H19NO2S. The Balaban J connectivity index is 3.15. The molecule has 1 aromatic carbocycles. The zero-order valence-corrected chi connectivity index (χ0v) is 11.1. The summed E-state index contributed by atoms with van der Waals surface area (Å²) in [5, 5.41) is 0. The molecule has 90 valence electrons. The summed E-state index contributed by atoms with van der Waals surface area (Å²) in [7, 11) is -3.33. The smallest absolute Gasteiger partial charge is 0.207 e. The molecule has 0 amide bonds. The van der Waals surface area contributed by atoms with E-state index in [9.17, 15) is 8.42 Å². The van der Waals surface area contributed by atoms with E-state index < -0.39 is 10.0 Å². The van der Waals surface area contributed by atoms with E-state index in [0.717, 1.165) is 5.56 Å². The summed E-state index contributed by atoms with van der Waals surface area (Å²) < 4.78 is 26.0. The van der Waals surface area contributed by atoms with Gasteiger partial charge in [-0.25, -0.2) is 8.42 Å². The average Bonchev–Trinajstić information content (AvgIpc) is 2.18. The Hall–Kier alpha value is -0.870. The Labute approximate surface area is 98.1 Å². The molecule has 0 radical (unpaired) electrons. The molecule has 16 heavy (non-hydrogen) atoms. The van der Waals surface area contributed by atoms with E-state index in [1.807, 2.05) is 39.8 Å². The minimum atomic E-state index is -3.33. The highest BCUT2D eigenvalue weighted by Crippen LogP contribution is 2.18. The molecule has 4 heteroatoms. The molecule has 1 aromatic rings. The van der Waals surface area contributed by atoms with E-state index in [1.165, 1.54) is 4.31 Å². The molecule has 0 bridgehead atoms. The van der Waals surface area contributed by atoms with Gasteiger partial charge in [-0.05, 0) is 32.9 Å². The minimum absolute atomic E-state index is 0.0173. The van der Waals surface area contributed by atoms with Gasteiger partial charge in [-0.3, -0.25) is 0 Å². The normalized spacial score (nSPS) is 12.4. The fourth-order valence-corrected chi connectivity index (χ4v) is 3.30. The summed E-state index contributed by atoms with van der Waals surface area (Å²) in [4.78, 5) is 0.369. The molecular weight excluding hydrogens is 222 g/mol. The van der Waals surface area contributed by atoms with Crippen LogP contribution in [0.4, 0.5) is 0 Å². The van der Waals surface area contributed by atoms with Crippen LogP contribution in [-0.2, 0) is 10.0 Å². The maximum atomic E-state index is 12.2. The zero-order chi connectivity index (χ0) is 12.3. The maximum Gasteiger partial charge on any atom is 0.243 e. The fourth-order valence-electron chi connectivity index (χ4n) is 1.66. The van der Waals surface area contributed by atoms with Crippen LogP contribution in [0.3, 0.4) is 0 Å². The van der Waals surface area contributed by atoms with Crippen molar-refractivity contribution in [3.05, 3.63) is 29.8 Å². The lowest BCUT2D eigenvalue weighted by Gasteiger charge is -2.24. The van der Waals surface area contributed by atoms with Crippen LogP contribution < -0.4 is 0 Å². The van der Waals surface area contributed by atoms with Crippen molar-refractivity contribution in [2.24, 2.45) is 0 Å². The van der Waals surface area contributed by atoms with Crippen molar-refractivity contribution in [2.45, 2.75) is 38.6 Å². The van der Waals surface area contributed by atoms with Crippen molar-refractivity contribution in [3.63, 3.8) is 0 Å². The molecule has 3 nitrogen and oxygen atoms in total. The molecule has 0 aliphatic heterocycles. The van der Waals surface area contributed by atoms with Gasteiger partial charge in [-0.15, -0.1) is 0 Å². The molecule has 0 atom stereocenters. The first kappa shape index (κ1) is 13.2. The zero-order valence-electron chi connectivity index (χ0n) is 10.3. The molecule has 0 aromatic heterocycles. The Morgan fingerprint density at radius 3 is 2.06 bits per heavy atom. The monoisotopic (exact) mass is 241 g/mol. The lowest BCUT2D eigenvalue weighted by atomic mass is 10.2. The van der Waals surface area contributed by atoms with Crippen molar-refractivity contribution in [3.8, 4) is 0 Å². The maximum absolute atomic E-state index is 12.2. The fraction of sp³-hybridized carbons (Fsp3) is 0.500. The summed E-state index contributed by atoms with van der Waals surface area (Å²) >= 11 is 0. The van der Waals surface area contributed by atoms with Gasteiger partial charge < -0.3 is 0 Å². The van der Waals surface area contributed by atoms with Crippen molar-refractivity contribution < 1.29 is 8.42 Å². The quantitative estimate of drug-likeness (QED) is 0.812. The molecule has 0 heterocycles. The summed E-state index contributed by atoms with van der Waals surface area (Å²) in [5.41, 5.74) is 1.06. The van der Waals surface area contributed by atoms with Crippen LogP contribution in [0.5, 0.6) is 0 Å². The first-order chi connectivity index (χ1) is 7.39. The van der Waals surface area contributed by atoms with Crippen LogP contribution in [0.2, 0.25) is 0 Å². The van der Waals surface area contributed by atoms with E-state index in [2.05, 4.69) is 0 Å². The van der Waals surface area contributed by atoms with Gasteiger partial charge in [0.15, 0.2) is 0 Å². The summed E-state index contributed by atoms with van der Waals surface area (Å²) in [5.74, 6) is 0. The van der Waals surface area contributed by atoms with Gasteiger partial charge in [0, 0.05) is 12.6 Å². The second kappa shape index (κ2) is 4.97. The summed E-state index contributed by atoms with van der Waals surface area (Å²) in [6.45, 7) is 8.06. The number of aryl methyl sites for hydroxylation is 1. The number of sulfonamides is 1. The van der Waals surface area contributed by atoms with Gasteiger partial charge >= 0.3 is 0 Å². The van der Waals surface area contributed by atoms with Crippen LogP contribution in [0.15, 0.2) is 29.2 Å². The van der Waals surface area contributed by atoms with Gasteiger partial charge in [0.25, 0.3) is 0 Å². The third-order valence-corrected chi connectivity index (χ3v) is 4.68. The molecule has 0 N–H and O–H groups in total. The predicted molar refractivity (Wildman–Crippen MR) is 65.9 cm³/mol. The molecule has 0 fully saturated rings. The molecule has 0 aliphatic carbocycles. The Morgan fingerprint density at radius 2 is 1.69 bits per heavy atom. The van der Waals surface area contributed by atoms with Crippen LogP contribution in [0.25, 0.3) is 0 Å². The molecule has 0 spiro atoms. The van der Waals surface area contributed by atoms with Crippen molar-refractivity contribution in [1.29, 1.82) is 0 Å². The van der Waals surface area contributed by atoms with Crippen LogP contribution >= 0.6 is 0 Å². The van der Waals surface area contributed by atoms with Crippen LogP contribution in [0.1, 0.15) is 26.3 Å². The van der Waals surface area contributed by atoms with Gasteiger partial charge in [-0.1, -0.05) is 24.6 Å². The second-order valence-corrected chi connectivity index (χ2v) is 6.01. The Kier molecular flexibility index (Phi) is 4.10. The molecule has 0 saturated carbocycles. The first-order valence-electron chi connectivity index (χ1n) is 5.48.